The molecular weight excluding hydrogens is 240 g/mol. The van der Waals surface area contributed by atoms with E-state index in [1.54, 1.807) is 0 Å². The molecule has 5 heteroatoms. The first-order valence-electron chi connectivity index (χ1n) is 7.43. The lowest BCUT2D eigenvalue weighted by molar-refractivity contribution is 0.355. The van der Waals surface area contributed by atoms with Gasteiger partial charge >= 0.3 is 6.01 Å². The summed E-state index contributed by atoms with van der Waals surface area (Å²) >= 11 is 0. The Morgan fingerprint density at radius 2 is 1.95 bits per heavy atom. The average Bonchev–Trinajstić information content (AvgIpc) is 2.79. The Bertz CT molecular complexity index is 369. The summed E-state index contributed by atoms with van der Waals surface area (Å²) in [5, 5.41) is 14.8. The fourth-order valence-electron chi connectivity index (χ4n) is 2.43. The average molecular weight is 266 g/mol. The molecule has 108 valence electrons. The van der Waals surface area contributed by atoms with E-state index in [4.69, 9.17) is 4.42 Å². The monoisotopic (exact) mass is 266 g/mol. The van der Waals surface area contributed by atoms with Gasteiger partial charge in [-0.3, -0.25) is 0 Å². The van der Waals surface area contributed by atoms with Crippen LogP contribution in [0.25, 0.3) is 0 Å². The van der Waals surface area contributed by atoms with E-state index in [2.05, 4.69) is 41.6 Å². The molecule has 5 nitrogen and oxygen atoms in total. The van der Waals surface area contributed by atoms with Gasteiger partial charge in [0.05, 0.1) is 6.54 Å². The lowest BCUT2D eigenvalue weighted by Gasteiger charge is -2.25. The molecule has 0 spiro atoms. The van der Waals surface area contributed by atoms with Gasteiger partial charge in [-0.1, -0.05) is 25.9 Å². The second kappa shape index (κ2) is 6.89. The molecule has 1 aromatic rings. The van der Waals surface area contributed by atoms with Crippen LogP contribution in [0.1, 0.15) is 52.3 Å². The molecule has 1 aliphatic carbocycles. The summed E-state index contributed by atoms with van der Waals surface area (Å²) in [6.07, 6.45) is 4.97. The molecule has 0 bridgehead atoms. The zero-order valence-electron chi connectivity index (χ0n) is 12.3. The summed E-state index contributed by atoms with van der Waals surface area (Å²) in [6, 6.07) is 1.06. The van der Waals surface area contributed by atoms with Gasteiger partial charge in [0.2, 0.25) is 5.89 Å². The minimum absolute atomic E-state index is 0.494. The van der Waals surface area contributed by atoms with Crippen molar-refractivity contribution in [2.75, 3.05) is 11.9 Å². The Labute approximate surface area is 115 Å². The van der Waals surface area contributed by atoms with Gasteiger partial charge in [-0.2, -0.15) is 0 Å². The molecular formula is C14H26N4O. The summed E-state index contributed by atoms with van der Waals surface area (Å²) in [5.41, 5.74) is 0. The zero-order chi connectivity index (χ0) is 13.7. The van der Waals surface area contributed by atoms with E-state index in [1.807, 2.05) is 0 Å². The van der Waals surface area contributed by atoms with Gasteiger partial charge in [-0.25, -0.2) is 0 Å². The van der Waals surface area contributed by atoms with E-state index >= 15 is 0 Å². The van der Waals surface area contributed by atoms with E-state index in [-0.39, 0.29) is 0 Å². The zero-order valence-corrected chi connectivity index (χ0v) is 12.3. The van der Waals surface area contributed by atoms with Crippen molar-refractivity contribution in [2.45, 2.75) is 59.0 Å². The predicted octanol–water partition coefficient (Wildman–Crippen LogP) is 2.81. The third kappa shape index (κ3) is 4.82. The molecule has 0 amide bonds. The maximum absolute atomic E-state index is 5.60. The van der Waals surface area contributed by atoms with Crippen molar-refractivity contribution in [1.29, 1.82) is 0 Å². The second-order valence-corrected chi connectivity index (χ2v) is 6.13. The first-order chi connectivity index (χ1) is 9.13. The molecule has 0 aromatic carbocycles. The van der Waals surface area contributed by atoms with Crippen molar-refractivity contribution in [1.82, 2.24) is 15.5 Å². The molecule has 2 N–H and O–H groups in total. The number of rotatable bonds is 6. The maximum Gasteiger partial charge on any atom is 0.315 e. The van der Waals surface area contributed by atoms with Gasteiger partial charge < -0.3 is 15.1 Å². The standard InChI is InChI=1S/C14H26N4O/c1-10(2)8-15-9-13-17-18-14(19-13)16-12-6-4-11(3)5-7-12/h10-12,15H,4-9H2,1-3H3,(H,16,18). The molecule has 0 aliphatic heterocycles. The van der Waals surface area contributed by atoms with Crippen molar-refractivity contribution in [3.05, 3.63) is 5.89 Å². The molecule has 1 fully saturated rings. The van der Waals surface area contributed by atoms with Crippen molar-refractivity contribution in [2.24, 2.45) is 11.8 Å². The SMILES string of the molecule is CC(C)CNCc1nnc(NC2CCC(C)CC2)o1. The van der Waals surface area contributed by atoms with Crippen LogP contribution in [0.3, 0.4) is 0 Å². The third-order valence-electron chi connectivity index (χ3n) is 3.64. The number of nitrogens with one attached hydrogen (secondary N) is 2. The molecule has 0 saturated heterocycles. The number of aromatic nitrogens is 2. The topological polar surface area (TPSA) is 63.0 Å². The Morgan fingerprint density at radius 3 is 2.63 bits per heavy atom. The highest BCUT2D eigenvalue weighted by atomic mass is 16.4. The van der Waals surface area contributed by atoms with Crippen LogP contribution >= 0.6 is 0 Å². The number of hydrogen-bond acceptors (Lipinski definition) is 5. The van der Waals surface area contributed by atoms with Crippen LogP contribution in [0.5, 0.6) is 0 Å². The minimum atomic E-state index is 0.494. The molecule has 1 heterocycles. The van der Waals surface area contributed by atoms with E-state index < -0.39 is 0 Å². The highest BCUT2D eigenvalue weighted by Gasteiger charge is 2.19. The third-order valence-corrected chi connectivity index (χ3v) is 3.64. The second-order valence-electron chi connectivity index (χ2n) is 6.13. The highest BCUT2D eigenvalue weighted by molar-refractivity contribution is 5.19. The Kier molecular flexibility index (Phi) is 5.19. The lowest BCUT2D eigenvalue weighted by atomic mass is 9.87. The van der Waals surface area contributed by atoms with Crippen LogP contribution in [0.4, 0.5) is 6.01 Å². The van der Waals surface area contributed by atoms with Gasteiger partial charge in [0.25, 0.3) is 0 Å². The normalized spacial score (nSPS) is 23.8. The summed E-state index contributed by atoms with van der Waals surface area (Å²) in [6.45, 7) is 8.29. The smallest absolute Gasteiger partial charge is 0.315 e. The van der Waals surface area contributed by atoms with E-state index in [1.165, 1.54) is 25.7 Å². The number of hydrogen-bond donors (Lipinski definition) is 2. The Morgan fingerprint density at radius 1 is 1.21 bits per heavy atom. The van der Waals surface area contributed by atoms with E-state index in [0.29, 0.717) is 30.4 Å². The molecule has 19 heavy (non-hydrogen) atoms. The van der Waals surface area contributed by atoms with Gasteiger partial charge in [0.15, 0.2) is 0 Å². The fourth-order valence-corrected chi connectivity index (χ4v) is 2.43. The molecule has 2 rings (SSSR count). The minimum Gasteiger partial charge on any atom is -0.407 e. The van der Waals surface area contributed by atoms with Gasteiger partial charge in [0, 0.05) is 6.04 Å². The molecule has 0 unspecified atom stereocenters. The van der Waals surface area contributed by atoms with Crippen LogP contribution in [0, 0.1) is 11.8 Å². The van der Waals surface area contributed by atoms with Crippen LogP contribution < -0.4 is 10.6 Å². The van der Waals surface area contributed by atoms with Crippen molar-refractivity contribution in [3.8, 4) is 0 Å². The molecule has 1 aromatic heterocycles. The van der Waals surface area contributed by atoms with Gasteiger partial charge in [0.1, 0.15) is 0 Å². The quantitative estimate of drug-likeness (QED) is 0.829. The summed E-state index contributed by atoms with van der Waals surface area (Å²) < 4.78 is 5.60. The molecule has 1 aliphatic rings. The van der Waals surface area contributed by atoms with Crippen LogP contribution in [-0.2, 0) is 6.54 Å². The highest BCUT2D eigenvalue weighted by Crippen LogP contribution is 2.25. The van der Waals surface area contributed by atoms with Crippen LogP contribution in [0.2, 0.25) is 0 Å². The lowest BCUT2D eigenvalue weighted by Crippen LogP contribution is -2.25. The first-order valence-corrected chi connectivity index (χ1v) is 7.43. The summed E-state index contributed by atoms with van der Waals surface area (Å²) in [7, 11) is 0. The van der Waals surface area contributed by atoms with Crippen molar-refractivity contribution >= 4 is 6.01 Å². The fraction of sp³-hybridized carbons (Fsp3) is 0.857. The van der Waals surface area contributed by atoms with Gasteiger partial charge in [-0.05, 0) is 44.1 Å². The number of nitrogens with zero attached hydrogens (tertiary/aromatic N) is 2. The largest absolute Gasteiger partial charge is 0.407 e. The van der Waals surface area contributed by atoms with Crippen LogP contribution in [-0.4, -0.2) is 22.8 Å². The Hall–Kier alpha value is -1.10. The maximum atomic E-state index is 5.60. The number of anilines is 1. The van der Waals surface area contributed by atoms with Crippen LogP contribution in [0.15, 0.2) is 4.42 Å². The first kappa shape index (κ1) is 14.3. The predicted molar refractivity (Wildman–Crippen MR) is 75.9 cm³/mol. The summed E-state index contributed by atoms with van der Waals surface area (Å²) in [5.74, 6) is 2.15. The molecule has 1 saturated carbocycles. The summed E-state index contributed by atoms with van der Waals surface area (Å²) in [4.78, 5) is 0. The van der Waals surface area contributed by atoms with E-state index in [9.17, 15) is 0 Å². The Balaban J connectivity index is 1.74. The van der Waals surface area contributed by atoms with Gasteiger partial charge in [-0.15, -0.1) is 5.10 Å². The van der Waals surface area contributed by atoms with Crippen molar-refractivity contribution < 1.29 is 4.42 Å². The van der Waals surface area contributed by atoms with E-state index in [0.717, 1.165) is 12.5 Å². The molecule has 0 atom stereocenters. The van der Waals surface area contributed by atoms with Crippen molar-refractivity contribution in [3.63, 3.8) is 0 Å². The molecule has 0 radical (unpaired) electrons.